The van der Waals surface area contributed by atoms with Crippen LogP contribution in [-0.4, -0.2) is 14.7 Å². The summed E-state index contributed by atoms with van der Waals surface area (Å²) in [5.74, 6) is 0. The van der Waals surface area contributed by atoms with Crippen LogP contribution in [0.4, 0.5) is 0 Å². The molecule has 3 nitrogen and oxygen atoms in total. The van der Waals surface area contributed by atoms with Gasteiger partial charge in [-0.2, -0.15) is 8.42 Å². The van der Waals surface area contributed by atoms with E-state index in [1.54, 1.807) is 0 Å². The summed E-state index contributed by atoms with van der Waals surface area (Å²) in [6.07, 6.45) is 2.92. The molecule has 0 radical (unpaired) electrons. The molecule has 0 aromatic heterocycles. The standard InChI is InChI=1S/C16H16O3S/c1-20(17,18)19-11-12-6-7-15-9-13-4-2-3-5-14(13)10-16(15)8-12/h2-8H,9-11H2,1H3. The molecular formula is C16H16O3S. The highest BCUT2D eigenvalue weighted by atomic mass is 32.2. The van der Waals surface area contributed by atoms with Crippen LogP contribution in [0, 0.1) is 0 Å². The first-order valence-corrected chi connectivity index (χ1v) is 8.35. The largest absolute Gasteiger partial charge is 0.265 e. The van der Waals surface area contributed by atoms with Gasteiger partial charge in [-0.3, -0.25) is 4.18 Å². The minimum absolute atomic E-state index is 0.105. The van der Waals surface area contributed by atoms with Gasteiger partial charge in [0.2, 0.25) is 0 Å². The third-order valence-corrected chi connectivity index (χ3v) is 4.14. The van der Waals surface area contributed by atoms with E-state index in [9.17, 15) is 8.42 Å². The van der Waals surface area contributed by atoms with Gasteiger partial charge in [0, 0.05) is 0 Å². The number of rotatable bonds is 3. The summed E-state index contributed by atoms with van der Waals surface area (Å²) in [7, 11) is -3.39. The molecule has 0 spiro atoms. The molecule has 1 aliphatic carbocycles. The Bertz CT molecular complexity index is 748. The van der Waals surface area contributed by atoms with Crippen LogP contribution in [0.15, 0.2) is 42.5 Å². The fraction of sp³-hybridized carbons (Fsp3) is 0.250. The predicted octanol–water partition coefficient (Wildman–Crippen LogP) is 2.66. The fourth-order valence-electron chi connectivity index (χ4n) is 2.59. The topological polar surface area (TPSA) is 43.4 Å². The summed E-state index contributed by atoms with van der Waals surface area (Å²) in [6.45, 7) is 0.105. The van der Waals surface area contributed by atoms with Gasteiger partial charge in [0.05, 0.1) is 12.9 Å². The van der Waals surface area contributed by atoms with Crippen LogP contribution in [-0.2, 0) is 33.7 Å². The quantitative estimate of drug-likeness (QED) is 0.696. The molecule has 4 heteroatoms. The lowest BCUT2D eigenvalue weighted by Gasteiger charge is -2.20. The highest BCUT2D eigenvalue weighted by molar-refractivity contribution is 7.85. The molecule has 0 saturated carbocycles. The van der Waals surface area contributed by atoms with E-state index in [4.69, 9.17) is 4.18 Å². The van der Waals surface area contributed by atoms with Crippen LogP contribution in [0.1, 0.15) is 27.8 Å². The maximum Gasteiger partial charge on any atom is 0.264 e. The van der Waals surface area contributed by atoms with Crippen molar-refractivity contribution in [2.75, 3.05) is 6.26 Å². The van der Waals surface area contributed by atoms with Crippen LogP contribution in [0.5, 0.6) is 0 Å². The van der Waals surface area contributed by atoms with Crippen LogP contribution >= 0.6 is 0 Å². The Labute approximate surface area is 119 Å². The van der Waals surface area contributed by atoms with Gasteiger partial charge >= 0.3 is 0 Å². The summed E-state index contributed by atoms with van der Waals surface area (Å²) >= 11 is 0. The van der Waals surface area contributed by atoms with Crippen LogP contribution in [0.25, 0.3) is 0 Å². The van der Waals surface area contributed by atoms with Gasteiger partial charge in [0.15, 0.2) is 0 Å². The fourth-order valence-corrected chi connectivity index (χ4v) is 2.94. The van der Waals surface area contributed by atoms with Crippen molar-refractivity contribution in [1.29, 1.82) is 0 Å². The van der Waals surface area contributed by atoms with Gasteiger partial charge in [-0.1, -0.05) is 42.5 Å². The van der Waals surface area contributed by atoms with Crippen molar-refractivity contribution in [2.45, 2.75) is 19.4 Å². The first-order valence-electron chi connectivity index (χ1n) is 6.53. The normalized spacial score (nSPS) is 13.7. The van der Waals surface area contributed by atoms with Gasteiger partial charge in [-0.05, 0) is 40.7 Å². The van der Waals surface area contributed by atoms with Gasteiger partial charge in [-0.15, -0.1) is 0 Å². The van der Waals surface area contributed by atoms with Crippen molar-refractivity contribution < 1.29 is 12.6 Å². The van der Waals surface area contributed by atoms with Crippen LogP contribution in [0.2, 0.25) is 0 Å². The molecule has 0 bridgehead atoms. The molecule has 0 amide bonds. The minimum Gasteiger partial charge on any atom is -0.265 e. The first-order chi connectivity index (χ1) is 9.51. The van der Waals surface area contributed by atoms with Gasteiger partial charge < -0.3 is 0 Å². The zero-order chi connectivity index (χ0) is 14.2. The smallest absolute Gasteiger partial charge is 0.264 e. The number of hydrogen-bond acceptors (Lipinski definition) is 3. The van der Waals surface area contributed by atoms with Crippen molar-refractivity contribution >= 4 is 10.1 Å². The monoisotopic (exact) mass is 288 g/mol. The van der Waals surface area contributed by atoms with Gasteiger partial charge in [0.25, 0.3) is 10.1 Å². The van der Waals surface area contributed by atoms with Gasteiger partial charge in [0.1, 0.15) is 0 Å². The van der Waals surface area contributed by atoms with Crippen molar-refractivity contribution in [3.63, 3.8) is 0 Å². The maximum absolute atomic E-state index is 11.0. The second kappa shape index (κ2) is 5.04. The van der Waals surface area contributed by atoms with E-state index in [1.807, 2.05) is 6.07 Å². The van der Waals surface area contributed by atoms with Crippen LogP contribution < -0.4 is 0 Å². The van der Waals surface area contributed by atoms with E-state index < -0.39 is 10.1 Å². The van der Waals surface area contributed by atoms with E-state index in [-0.39, 0.29) is 6.61 Å². The summed E-state index contributed by atoms with van der Waals surface area (Å²) in [4.78, 5) is 0. The molecule has 0 heterocycles. The zero-order valence-corrected chi connectivity index (χ0v) is 12.1. The third kappa shape index (κ3) is 2.92. The molecule has 20 heavy (non-hydrogen) atoms. The molecule has 0 unspecified atom stereocenters. The van der Waals surface area contributed by atoms with E-state index in [0.29, 0.717) is 0 Å². The third-order valence-electron chi connectivity index (χ3n) is 3.59. The predicted molar refractivity (Wildman–Crippen MR) is 78.1 cm³/mol. The highest BCUT2D eigenvalue weighted by Gasteiger charge is 2.15. The number of fused-ring (bicyclic) bond motifs is 2. The molecule has 1 aliphatic rings. The number of hydrogen-bond donors (Lipinski definition) is 0. The maximum atomic E-state index is 11.0. The molecule has 0 saturated heterocycles. The zero-order valence-electron chi connectivity index (χ0n) is 11.3. The second-order valence-corrected chi connectivity index (χ2v) is 6.84. The Morgan fingerprint density at radius 2 is 1.55 bits per heavy atom. The summed E-state index contributed by atoms with van der Waals surface area (Å²) in [5.41, 5.74) is 6.19. The Morgan fingerprint density at radius 1 is 0.950 bits per heavy atom. The first kappa shape index (κ1) is 13.3. The Hall–Kier alpha value is -1.65. The average Bonchev–Trinajstić information content (AvgIpc) is 2.42. The van der Waals surface area contributed by atoms with Crippen LogP contribution in [0.3, 0.4) is 0 Å². The van der Waals surface area contributed by atoms with Gasteiger partial charge in [-0.25, -0.2) is 0 Å². The molecule has 0 atom stereocenters. The van der Waals surface area contributed by atoms with Crippen molar-refractivity contribution in [2.24, 2.45) is 0 Å². The minimum atomic E-state index is -3.39. The second-order valence-electron chi connectivity index (χ2n) is 5.19. The Kier molecular flexibility index (Phi) is 3.36. The average molecular weight is 288 g/mol. The lowest BCUT2D eigenvalue weighted by atomic mass is 9.85. The molecule has 0 aliphatic heterocycles. The number of benzene rings is 2. The molecular weight excluding hydrogens is 272 g/mol. The molecule has 0 fully saturated rings. The summed E-state index contributed by atoms with van der Waals surface area (Å²) < 4.78 is 26.9. The molecule has 0 N–H and O–H groups in total. The van der Waals surface area contributed by atoms with E-state index in [1.165, 1.54) is 22.3 Å². The Balaban J connectivity index is 1.85. The van der Waals surface area contributed by atoms with Crippen molar-refractivity contribution in [3.05, 3.63) is 70.3 Å². The highest BCUT2D eigenvalue weighted by Crippen LogP contribution is 2.27. The SMILES string of the molecule is CS(=O)(=O)OCc1ccc2c(c1)Cc1ccccc1C2. The molecule has 2 aromatic rings. The van der Waals surface area contributed by atoms with E-state index in [0.717, 1.165) is 24.7 Å². The van der Waals surface area contributed by atoms with Crippen molar-refractivity contribution in [1.82, 2.24) is 0 Å². The molecule has 2 aromatic carbocycles. The Morgan fingerprint density at radius 3 is 2.20 bits per heavy atom. The van der Waals surface area contributed by atoms with E-state index >= 15 is 0 Å². The summed E-state index contributed by atoms with van der Waals surface area (Å²) in [5, 5.41) is 0. The lowest BCUT2D eigenvalue weighted by Crippen LogP contribution is -2.08. The lowest BCUT2D eigenvalue weighted by molar-refractivity contribution is 0.311. The summed E-state index contributed by atoms with van der Waals surface area (Å²) in [6, 6.07) is 14.5. The molecule has 3 rings (SSSR count). The molecule has 104 valence electrons. The van der Waals surface area contributed by atoms with E-state index in [2.05, 4.69) is 36.4 Å². The van der Waals surface area contributed by atoms with Crippen molar-refractivity contribution in [3.8, 4) is 0 Å².